The zero-order valence-corrected chi connectivity index (χ0v) is 10.8. The molecule has 1 aromatic carbocycles. The van der Waals surface area contributed by atoms with Crippen LogP contribution in [-0.4, -0.2) is 16.1 Å². The third kappa shape index (κ3) is 3.07. The molecule has 3 nitrogen and oxygen atoms in total. The van der Waals surface area contributed by atoms with Crippen LogP contribution in [0.5, 0.6) is 0 Å². The second-order valence-corrected chi connectivity index (χ2v) is 4.50. The highest BCUT2D eigenvalue weighted by Gasteiger charge is 2.06. The molecule has 2 rings (SSSR count). The summed E-state index contributed by atoms with van der Waals surface area (Å²) in [5, 5.41) is 7.95. The van der Waals surface area contributed by atoms with E-state index in [9.17, 15) is 0 Å². The monoisotopic (exact) mass is 250 g/mol. The van der Waals surface area contributed by atoms with Gasteiger partial charge in [-0.1, -0.05) is 18.2 Å². The number of benzene rings is 1. The van der Waals surface area contributed by atoms with Crippen molar-refractivity contribution >= 4 is 11.6 Å². The molecule has 1 heterocycles. The van der Waals surface area contributed by atoms with E-state index >= 15 is 0 Å². The van der Waals surface area contributed by atoms with E-state index in [0.717, 1.165) is 0 Å². The van der Waals surface area contributed by atoms with Crippen molar-refractivity contribution in [3.05, 3.63) is 46.7 Å². The fourth-order valence-electron chi connectivity index (χ4n) is 1.63. The maximum absolute atomic E-state index is 5.62. The van der Waals surface area contributed by atoms with Gasteiger partial charge < -0.3 is 4.42 Å². The summed E-state index contributed by atoms with van der Waals surface area (Å²) in [4.78, 5) is 0. The van der Waals surface area contributed by atoms with Crippen molar-refractivity contribution in [3.8, 4) is 0 Å². The van der Waals surface area contributed by atoms with E-state index in [1.54, 1.807) is 0 Å². The molecule has 0 unspecified atom stereocenters. The summed E-state index contributed by atoms with van der Waals surface area (Å²) in [5.74, 6) is 1.76. The predicted molar refractivity (Wildman–Crippen MR) is 67.4 cm³/mol. The lowest BCUT2D eigenvalue weighted by Crippen LogP contribution is -1.90. The molecule has 0 amide bonds. The van der Waals surface area contributed by atoms with Crippen LogP contribution >= 0.6 is 11.6 Å². The average Bonchev–Trinajstić information content (AvgIpc) is 2.72. The highest BCUT2D eigenvalue weighted by molar-refractivity contribution is 6.17. The second kappa shape index (κ2) is 5.32. The zero-order valence-electron chi connectivity index (χ0n) is 10.0. The van der Waals surface area contributed by atoms with Crippen LogP contribution in [0.2, 0.25) is 0 Å². The van der Waals surface area contributed by atoms with Crippen LogP contribution in [0.25, 0.3) is 0 Å². The summed E-state index contributed by atoms with van der Waals surface area (Å²) in [7, 11) is 0. The van der Waals surface area contributed by atoms with E-state index in [0.29, 0.717) is 30.5 Å². The van der Waals surface area contributed by atoms with Gasteiger partial charge in [-0.05, 0) is 30.5 Å². The molecule has 0 bridgehead atoms. The first-order chi connectivity index (χ1) is 8.19. The van der Waals surface area contributed by atoms with Gasteiger partial charge in [0.1, 0.15) is 0 Å². The summed E-state index contributed by atoms with van der Waals surface area (Å²) < 4.78 is 5.49. The topological polar surface area (TPSA) is 38.9 Å². The Balaban J connectivity index is 2.11. The quantitative estimate of drug-likeness (QED) is 0.783. The van der Waals surface area contributed by atoms with Gasteiger partial charge in [0.15, 0.2) is 0 Å². The number of hydrogen-bond donors (Lipinski definition) is 0. The van der Waals surface area contributed by atoms with Crippen molar-refractivity contribution < 1.29 is 4.42 Å². The molecule has 90 valence electrons. The Labute approximate surface area is 106 Å². The highest BCUT2D eigenvalue weighted by atomic mass is 35.5. The van der Waals surface area contributed by atoms with Crippen LogP contribution in [-0.2, 0) is 12.8 Å². The van der Waals surface area contributed by atoms with Gasteiger partial charge in [0.05, 0.1) is 6.42 Å². The number of aromatic nitrogens is 2. The molecular weight excluding hydrogens is 236 g/mol. The molecule has 0 atom stereocenters. The van der Waals surface area contributed by atoms with E-state index in [2.05, 4.69) is 42.2 Å². The molecule has 0 saturated carbocycles. The van der Waals surface area contributed by atoms with Gasteiger partial charge in [0.2, 0.25) is 11.8 Å². The molecule has 17 heavy (non-hydrogen) atoms. The Morgan fingerprint density at radius 1 is 1.12 bits per heavy atom. The first-order valence-corrected chi connectivity index (χ1v) is 6.16. The van der Waals surface area contributed by atoms with Gasteiger partial charge in [-0.25, -0.2) is 0 Å². The number of rotatable bonds is 4. The Hall–Kier alpha value is -1.35. The van der Waals surface area contributed by atoms with E-state index in [-0.39, 0.29) is 0 Å². The molecule has 0 aliphatic heterocycles. The maximum Gasteiger partial charge on any atom is 0.220 e. The molecule has 0 fully saturated rings. The smallest absolute Gasteiger partial charge is 0.220 e. The molecule has 0 spiro atoms. The summed E-state index contributed by atoms with van der Waals surface area (Å²) in [5.41, 5.74) is 3.76. The fraction of sp³-hybridized carbons (Fsp3) is 0.385. The Morgan fingerprint density at radius 2 is 1.88 bits per heavy atom. The number of hydrogen-bond acceptors (Lipinski definition) is 3. The molecule has 1 aromatic heterocycles. The fourth-order valence-corrected chi connectivity index (χ4v) is 1.79. The van der Waals surface area contributed by atoms with Gasteiger partial charge >= 0.3 is 0 Å². The normalized spacial score (nSPS) is 10.8. The van der Waals surface area contributed by atoms with Crippen molar-refractivity contribution in [3.63, 3.8) is 0 Å². The minimum atomic E-state index is 0.505. The third-order valence-corrected chi connectivity index (χ3v) is 2.93. The summed E-state index contributed by atoms with van der Waals surface area (Å²) in [6.45, 7) is 4.20. The van der Waals surface area contributed by atoms with Crippen LogP contribution in [0, 0.1) is 13.8 Å². The van der Waals surface area contributed by atoms with Gasteiger partial charge in [-0.2, -0.15) is 0 Å². The molecule has 2 aromatic rings. The largest absolute Gasteiger partial charge is 0.425 e. The maximum atomic E-state index is 5.62. The van der Waals surface area contributed by atoms with Gasteiger partial charge in [-0.3, -0.25) is 0 Å². The summed E-state index contributed by atoms with van der Waals surface area (Å²) in [6.07, 6.45) is 1.30. The first kappa shape index (κ1) is 12.1. The van der Waals surface area contributed by atoms with Crippen LogP contribution in [0.1, 0.15) is 28.5 Å². The zero-order chi connectivity index (χ0) is 12.3. The van der Waals surface area contributed by atoms with E-state index in [4.69, 9.17) is 16.0 Å². The van der Waals surface area contributed by atoms with E-state index < -0.39 is 0 Å². The van der Waals surface area contributed by atoms with Gasteiger partial charge in [0.25, 0.3) is 0 Å². The standard InChI is InChI=1S/C13H15ClN2O/c1-9-3-4-11(7-10(9)2)8-13-16-15-12(17-13)5-6-14/h3-4,7H,5-6,8H2,1-2H3. The third-order valence-electron chi connectivity index (χ3n) is 2.74. The van der Waals surface area contributed by atoms with Gasteiger partial charge in [0, 0.05) is 12.3 Å². The van der Waals surface area contributed by atoms with Crippen molar-refractivity contribution in [2.75, 3.05) is 5.88 Å². The number of nitrogens with zero attached hydrogens (tertiary/aromatic N) is 2. The first-order valence-electron chi connectivity index (χ1n) is 5.62. The molecule has 0 radical (unpaired) electrons. The molecule has 4 heteroatoms. The molecule has 0 saturated heterocycles. The minimum absolute atomic E-state index is 0.505. The lowest BCUT2D eigenvalue weighted by Gasteiger charge is -2.02. The Morgan fingerprint density at radius 3 is 2.59 bits per heavy atom. The molecule has 0 aliphatic rings. The van der Waals surface area contributed by atoms with Crippen molar-refractivity contribution in [1.29, 1.82) is 0 Å². The van der Waals surface area contributed by atoms with Gasteiger partial charge in [-0.15, -0.1) is 21.8 Å². The summed E-state index contributed by atoms with van der Waals surface area (Å²) in [6, 6.07) is 6.36. The summed E-state index contributed by atoms with van der Waals surface area (Å²) >= 11 is 5.62. The lowest BCUT2D eigenvalue weighted by atomic mass is 10.0. The number of halogens is 1. The lowest BCUT2D eigenvalue weighted by molar-refractivity contribution is 0.463. The Kier molecular flexibility index (Phi) is 3.79. The molecular formula is C13H15ClN2O. The predicted octanol–water partition coefficient (Wildman–Crippen LogP) is 3.06. The number of alkyl halides is 1. The second-order valence-electron chi connectivity index (χ2n) is 4.12. The van der Waals surface area contributed by atoms with E-state index in [1.165, 1.54) is 16.7 Å². The van der Waals surface area contributed by atoms with Crippen LogP contribution in [0.4, 0.5) is 0 Å². The van der Waals surface area contributed by atoms with Crippen molar-refractivity contribution in [2.45, 2.75) is 26.7 Å². The Bertz CT molecular complexity index is 508. The van der Waals surface area contributed by atoms with Crippen molar-refractivity contribution in [1.82, 2.24) is 10.2 Å². The molecule has 0 aliphatic carbocycles. The number of aryl methyl sites for hydroxylation is 3. The average molecular weight is 251 g/mol. The van der Waals surface area contributed by atoms with Crippen LogP contribution in [0.15, 0.2) is 22.6 Å². The van der Waals surface area contributed by atoms with Crippen LogP contribution < -0.4 is 0 Å². The molecule has 0 N–H and O–H groups in total. The minimum Gasteiger partial charge on any atom is -0.425 e. The van der Waals surface area contributed by atoms with E-state index in [1.807, 2.05) is 0 Å². The van der Waals surface area contributed by atoms with Crippen molar-refractivity contribution in [2.24, 2.45) is 0 Å². The highest BCUT2D eigenvalue weighted by Crippen LogP contribution is 2.13. The SMILES string of the molecule is Cc1ccc(Cc2nnc(CCCl)o2)cc1C. The van der Waals surface area contributed by atoms with Crippen LogP contribution in [0.3, 0.4) is 0 Å².